The number of morpholine rings is 1. The van der Waals surface area contributed by atoms with Gasteiger partial charge in [-0.15, -0.1) is 0 Å². The Kier molecular flexibility index (Phi) is 4.86. The lowest BCUT2D eigenvalue weighted by Gasteiger charge is -2.36. The summed E-state index contributed by atoms with van der Waals surface area (Å²) >= 11 is 3.36. The van der Waals surface area contributed by atoms with Crippen LogP contribution in [0.5, 0.6) is 0 Å². The predicted molar refractivity (Wildman–Crippen MR) is 79.1 cm³/mol. The molecule has 0 amide bonds. The molecule has 5 nitrogen and oxygen atoms in total. The maximum Gasteiger partial charge on any atom is 0.243 e. The van der Waals surface area contributed by atoms with Crippen molar-refractivity contribution in [3.05, 3.63) is 28.2 Å². The van der Waals surface area contributed by atoms with Gasteiger partial charge in [-0.25, -0.2) is 8.42 Å². The molecule has 2 unspecified atom stereocenters. The van der Waals surface area contributed by atoms with Crippen molar-refractivity contribution in [1.82, 2.24) is 4.31 Å². The number of aliphatic hydroxyl groups is 1. The number of ether oxygens (including phenoxy) is 1. The summed E-state index contributed by atoms with van der Waals surface area (Å²) in [5, 5.41) is 9.16. The Bertz CT molecular complexity index is 590. The van der Waals surface area contributed by atoms with E-state index >= 15 is 0 Å². The first-order chi connectivity index (χ1) is 9.36. The average molecular weight is 364 g/mol. The van der Waals surface area contributed by atoms with Crippen LogP contribution in [0.3, 0.4) is 0 Å². The molecule has 1 aromatic carbocycles. The highest BCUT2D eigenvalue weighted by Crippen LogP contribution is 2.25. The van der Waals surface area contributed by atoms with E-state index in [4.69, 9.17) is 9.84 Å². The van der Waals surface area contributed by atoms with Crippen LogP contribution in [0, 0.1) is 6.92 Å². The fraction of sp³-hybridized carbons (Fsp3) is 0.538. The maximum absolute atomic E-state index is 12.7. The fourth-order valence-corrected chi connectivity index (χ4v) is 4.13. The molecular formula is C13H18BrNO4S. The molecule has 0 spiro atoms. The number of rotatable bonds is 3. The van der Waals surface area contributed by atoms with Crippen molar-refractivity contribution in [2.75, 3.05) is 19.8 Å². The summed E-state index contributed by atoms with van der Waals surface area (Å²) in [5.74, 6) is 0. The second-order valence-corrected chi connectivity index (χ2v) is 7.72. The van der Waals surface area contributed by atoms with E-state index in [0.29, 0.717) is 6.61 Å². The number of sulfonamides is 1. The molecule has 2 atom stereocenters. The number of aryl methyl sites for hydroxylation is 1. The van der Waals surface area contributed by atoms with Gasteiger partial charge in [0.1, 0.15) is 0 Å². The smallest absolute Gasteiger partial charge is 0.243 e. The first-order valence-corrected chi connectivity index (χ1v) is 8.60. The zero-order valence-corrected chi connectivity index (χ0v) is 13.8. The Balaban J connectivity index is 2.35. The van der Waals surface area contributed by atoms with Crippen molar-refractivity contribution in [2.24, 2.45) is 0 Å². The summed E-state index contributed by atoms with van der Waals surface area (Å²) in [7, 11) is -3.57. The summed E-state index contributed by atoms with van der Waals surface area (Å²) < 4.78 is 33.0. The summed E-state index contributed by atoms with van der Waals surface area (Å²) in [6.45, 7) is 3.94. The Morgan fingerprint density at radius 2 is 2.20 bits per heavy atom. The third kappa shape index (κ3) is 3.07. The highest BCUT2D eigenvalue weighted by molar-refractivity contribution is 9.10. The Morgan fingerprint density at radius 3 is 2.80 bits per heavy atom. The van der Waals surface area contributed by atoms with Crippen LogP contribution in [0.25, 0.3) is 0 Å². The molecule has 1 fully saturated rings. The Hall–Kier alpha value is -0.470. The highest BCUT2D eigenvalue weighted by atomic mass is 79.9. The van der Waals surface area contributed by atoms with Gasteiger partial charge in [0.15, 0.2) is 0 Å². The van der Waals surface area contributed by atoms with Crippen LogP contribution in [0.4, 0.5) is 0 Å². The summed E-state index contributed by atoms with van der Waals surface area (Å²) in [6.07, 6.45) is -0.461. The summed E-state index contributed by atoms with van der Waals surface area (Å²) in [5.41, 5.74) is 0.866. The molecule has 1 aromatic rings. The van der Waals surface area contributed by atoms with Crippen LogP contribution >= 0.6 is 15.9 Å². The average Bonchev–Trinajstić information content (AvgIpc) is 2.42. The third-order valence-electron chi connectivity index (χ3n) is 3.39. The van der Waals surface area contributed by atoms with Gasteiger partial charge in [0.05, 0.1) is 24.2 Å². The van der Waals surface area contributed by atoms with Gasteiger partial charge in [0.2, 0.25) is 10.0 Å². The molecule has 1 aliphatic rings. The lowest BCUT2D eigenvalue weighted by molar-refractivity contribution is -0.0516. The number of hydrogen-bond donors (Lipinski definition) is 1. The minimum Gasteiger partial charge on any atom is -0.394 e. The second kappa shape index (κ2) is 6.11. The van der Waals surface area contributed by atoms with Gasteiger partial charge >= 0.3 is 0 Å². The second-order valence-electron chi connectivity index (χ2n) is 4.97. The van der Waals surface area contributed by atoms with Gasteiger partial charge in [-0.2, -0.15) is 4.31 Å². The van der Waals surface area contributed by atoms with Gasteiger partial charge in [0.25, 0.3) is 0 Å². The van der Waals surface area contributed by atoms with E-state index in [1.54, 1.807) is 25.1 Å². The van der Waals surface area contributed by atoms with Gasteiger partial charge in [0, 0.05) is 17.1 Å². The minimum absolute atomic E-state index is 0.176. The van der Waals surface area contributed by atoms with Gasteiger partial charge in [-0.3, -0.25) is 0 Å². The molecule has 1 N–H and O–H groups in total. The molecule has 0 radical (unpaired) electrons. The SMILES string of the molecule is Cc1cc(S(=O)(=O)N2CC(CO)OCC2C)ccc1Br. The van der Waals surface area contributed by atoms with Crippen LogP contribution in [0.2, 0.25) is 0 Å². The molecule has 0 saturated carbocycles. The van der Waals surface area contributed by atoms with Crippen molar-refractivity contribution in [3.63, 3.8) is 0 Å². The number of hydrogen-bond acceptors (Lipinski definition) is 4. The first-order valence-electron chi connectivity index (χ1n) is 6.36. The number of aliphatic hydroxyl groups excluding tert-OH is 1. The van der Waals surface area contributed by atoms with Crippen molar-refractivity contribution < 1.29 is 18.3 Å². The number of halogens is 1. The van der Waals surface area contributed by atoms with E-state index in [9.17, 15) is 8.42 Å². The molecule has 20 heavy (non-hydrogen) atoms. The molecule has 0 aliphatic carbocycles. The van der Waals surface area contributed by atoms with Crippen LogP contribution in [0.15, 0.2) is 27.6 Å². The van der Waals surface area contributed by atoms with Crippen molar-refractivity contribution >= 4 is 26.0 Å². The van der Waals surface area contributed by atoms with Gasteiger partial charge < -0.3 is 9.84 Å². The highest BCUT2D eigenvalue weighted by Gasteiger charge is 2.35. The standard InChI is InChI=1S/C13H18BrNO4S/c1-9-5-12(3-4-13(9)14)20(17,18)15-6-11(7-16)19-8-10(15)2/h3-5,10-11,16H,6-8H2,1-2H3. The number of benzene rings is 1. The minimum atomic E-state index is -3.57. The van der Waals surface area contributed by atoms with Crippen molar-refractivity contribution in [3.8, 4) is 0 Å². The third-order valence-corrected chi connectivity index (χ3v) is 6.25. The van der Waals surface area contributed by atoms with Gasteiger partial charge in [-0.05, 0) is 37.6 Å². The van der Waals surface area contributed by atoms with E-state index in [1.165, 1.54) is 4.31 Å². The first kappa shape index (κ1) is 15.9. The quantitative estimate of drug-likeness (QED) is 0.884. The van der Waals surface area contributed by atoms with E-state index in [2.05, 4.69) is 15.9 Å². The topological polar surface area (TPSA) is 66.8 Å². The van der Waals surface area contributed by atoms with Gasteiger partial charge in [-0.1, -0.05) is 15.9 Å². The zero-order valence-electron chi connectivity index (χ0n) is 11.4. The van der Waals surface area contributed by atoms with E-state index in [1.807, 2.05) is 6.92 Å². The molecule has 112 valence electrons. The van der Waals surface area contributed by atoms with E-state index in [-0.39, 0.29) is 24.1 Å². The fourth-order valence-electron chi connectivity index (χ4n) is 2.15. The molecule has 1 aliphatic heterocycles. The van der Waals surface area contributed by atoms with Crippen LogP contribution in [-0.4, -0.2) is 49.7 Å². The normalized spacial score (nSPS) is 24.8. The van der Waals surface area contributed by atoms with Crippen LogP contribution in [-0.2, 0) is 14.8 Å². The molecule has 0 aromatic heterocycles. The monoisotopic (exact) mass is 363 g/mol. The van der Waals surface area contributed by atoms with Crippen molar-refractivity contribution in [2.45, 2.75) is 30.9 Å². The lowest BCUT2D eigenvalue weighted by atomic mass is 10.2. The molecular weight excluding hydrogens is 346 g/mol. The summed E-state index contributed by atoms with van der Waals surface area (Å²) in [4.78, 5) is 0.267. The maximum atomic E-state index is 12.7. The molecule has 1 saturated heterocycles. The molecule has 1 heterocycles. The molecule has 0 bridgehead atoms. The zero-order chi connectivity index (χ0) is 14.9. The number of nitrogens with zero attached hydrogens (tertiary/aromatic N) is 1. The largest absolute Gasteiger partial charge is 0.394 e. The lowest BCUT2D eigenvalue weighted by Crippen LogP contribution is -2.51. The van der Waals surface area contributed by atoms with E-state index < -0.39 is 16.1 Å². The van der Waals surface area contributed by atoms with Crippen molar-refractivity contribution in [1.29, 1.82) is 0 Å². The van der Waals surface area contributed by atoms with Crippen LogP contribution < -0.4 is 0 Å². The Morgan fingerprint density at radius 1 is 1.50 bits per heavy atom. The molecule has 2 rings (SSSR count). The van der Waals surface area contributed by atoms with Crippen LogP contribution in [0.1, 0.15) is 12.5 Å². The summed E-state index contributed by atoms with van der Waals surface area (Å²) in [6, 6.07) is 4.72. The predicted octanol–water partition coefficient (Wildman–Crippen LogP) is 1.53. The molecule has 7 heteroatoms. The Labute approximate surface area is 127 Å². The van der Waals surface area contributed by atoms with E-state index in [0.717, 1.165) is 10.0 Å².